The molecule has 0 aromatic heterocycles. The van der Waals surface area contributed by atoms with E-state index >= 15 is 0 Å². The van der Waals surface area contributed by atoms with Crippen LogP contribution < -0.4 is 0 Å². The van der Waals surface area contributed by atoms with Crippen LogP contribution in [0.4, 0.5) is 0 Å². The molecule has 4 rings (SSSR count). The first-order chi connectivity index (χ1) is 15.1. The molecule has 0 aromatic rings. The maximum absolute atomic E-state index is 11.5. The standard InChI is InChI=1S/C30H46O2/c1-19(2)20(3)8-9-21(4)26-12-13-27-25-11-10-23-18-24(32-22(5)31)14-16-29(23,6)28(25)15-17-30(26,27)7/h8-10,19-21,24,26-27H,11-18H2,1-7H3/b9-8-/t20-,21-,24-,26-,27-,29-,30+/m0/s1. The van der Waals surface area contributed by atoms with Gasteiger partial charge in [-0.25, -0.2) is 0 Å². The lowest BCUT2D eigenvalue weighted by atomic mass is 9.53. The monoisotopic (exact) mass is 438 g/mol. The molecule has 2 saturated carbocycles. The first-order valence-corrected chi connectivity index (χ1v) is 13.3. The molecule has 0 aliphatic heterocycles. The van der Waals surface area contributed by atoms with Crippen molar-refractivity contribution in [2.75, 3.05) is 0 Å². The highest BCUT2D eigenvalue weighted by Crippen LogP contribution is 2.64. The zero-order valence-corrected chi connectivity index (χ0v) is 21.7. The molecule has 2 fully saturated rings. The molecular weight excluding hydrogens is 392 g/mol. The highest BCUT2D eigenvalue weighted by molar-refractivity contribution is 5.66. The van der Waals surface area contributed by atoms with E-state index in [1.165, 1.54) is 25.7 Å². The third-order valence-corrected chi connectivity index (χ3v) is 10.2. The van der Waals surface area contributed by atoms with Crippen molar-refractivity contribution in [1.82, 2.24) is 0 Å². The van der Waals surface area contributed by atoms with Gasteiger partial charge in [0, 0.05) is 18.8 Å². The van der Waals surface area contributed by atoms with E-state index < -0.39 is 0 Å². The molecule has 0 bridgehead atoms. The van der Waals surface area contributed by atoms with Gasteiger partial charge in [0.2, 0.25) is 0 Å². The quantitative estimate of drug-likeness (QED) is 0.320. The Kier molecular flexibility index (Phi) is 6.56. The van der Waals surface area contributed by atoms with E-state index in [-0.39, 0.29) is 17.5 Å². The Morgan fingerprint density at radius 3 is 2.53 bits per heavy atom. The van der Waals surface area contributed by atoms with Crippen molar-refractivity contribution >= 4 is 5.97 Å². The second kappa shape index (κ2) is 8.80. The third kappa shape index (κ3) is 4.05. The van der Waals surface area contributed by atoms with Gasteiger partial charge in [-0.1, -0.05) is 76.5 Å². The van der Waals surface area contributed by atoms with Gasteiger partial charge in [0.25, 0.3) is 0 Å². The predicted molar refractivity (Wildman–Crippen MR) is 133 cm³/mol. The van der Waals surface area contributed by atoms with E-state index in [4.69, 9.17) is 4.74 Å². The molecule has 0 heterocycles. The van der Waals surface area contributed by atoms with Crippen LogP contribution in [0.3, 0.4) is 0 Å². The summed E-state index contributed by atoms with van der Waals surface area (Å²) in [4.78, 5) is 11.5. The molecule has 32 heavy (non-hydrogen) atoms. The van der Waals surface area contributed by atoms with E-state index in [0.29, 0.717) is 23.2 Å². The van der Waals surface area contributed by atoms with Crippen molar-refractivity contribution in [3.8, 4) is 0 Å². The Bertz CT molecular complexity index is 830. The molecule has 0 N–H and O–H groups in total. The summed E-state index contributed by atoms with van der Waals surface area (Å²) in [6.07, 6.45) is 17.2. The number of rotatable bonds is 5. The molecule has 2 heteroatoms. The van der Waals surface area contributed by atoms with Crippen LogP contribution in [0.5, 0.6) is 0 Å². The van der Waals surface area contributed by atoms with Crippen molar-refractivity contribution in [2.45, 2.75) is 106 Å². The van der Waals surface area contributed by atoms with Crippen LogP contribution in [0.25, 0.3) is 0 Å². The molecular formula is C30H46O2. The summed E-state index contributed by atoms with van der Waals surface area (Å²) in [6, 6.07) is 0. The van der Waals surface area contributed by atoms with Crippen LogP contribution in [0.15, 0.2) is 34.9 Å². The molecule has 4 aliphatic rings. The Hall–Kier alpha value is -1.31. The maximum atomic E-state index is 11.5. The Balaban J connectivity index is 1.53. The second-order valence-electron chi connectivity index (χ2n) is 12.3. The second-order valence-corrected chi connectivity index (χ2v) is 12.3. The summed E-state index contributed by atoms with van der Waals surface area (Å²) in [7, 11) is 0. The summed E-state index contributed by atoms with van der Waals surface area (Å²) < 4.78 is 5.60. The van der Waals surface area contributed by atoms with Crippen LogP contribution in [0.1, 0.15) is 99.8 Å². The fourth-order valence-electron chi connectivity index (χ4n) is 7.83. The van der Waals surface area contributed by atoms with E-state index in [2.05, 4.69) is 59.8 Å². The minimum absolute atomic E-state index is 0.0829. The van der Waals surface area contributed by atoms with E-state index in [9.17, 15) is 4.79 Å². The van der Waals surface area contributed by atoms with E-state index in [0.717, 1.165) is 37.5 Å². The van der Waals surface area contributed by atoms with E-state index in [1.807, 2.05) is 0 Å². The highest BCUT2D eigenvalue weighted by atomic mass is 16.5. The summed E-state index contributed by atoms with van der Waals surface area (Å²) in [5.41, 5.74) is 5.77. The number of allylic oxidation sites excluding steroid dienone is 5. The SMILES string of the molecule is CC(=O)O[C@H]1CC[C@@]2(C)C(=CCC3=C2CC[C@@]2(C)[C@H]3CC[C@H]2[C@@H](C)/C=C\[C@H](C)C(C)C)C1. The largest absolute Gasteiger partial charge is 0.462 e. The fraction of sp³-hybridized carbons (Fsp3) is 0.767. The van der Waals surface area contributed by atoms with Gasteiger partial charge in [0.15, 0.2) is 0 Å². The van der Waals surface area contributed by atoms with Crippen molar-refractivity contribution < 1.29 is 9.53 Å². The molecule has 0 radical (unpaired) electrons. The smallest absolute Gasteiger partial charge is 0.302 e. The van der Waals surface area contributed by atoms with Crippen LogP contribution in [-0.4, -0.2) is 12.1 Å². The minimum atomic E-state index is -0.133. The summed E-state index contributed by atoms with van der Waals surface area (Å²) in [5, 5.41) is 0. The number of esters is 1. The topological polar surface area (TPSA) is 26.3 Å². The maximum Gasteiger partial charge on any atom is 0.302 e. The van der Waals surface area contributed by atoms with Crippen LogP contribution in [0.2, 0.25) is 0 Å². The Morgan fingerprint density at radius 1 is 1.09 bits per heavy atom. The average Bonchev–Trinajstić information content (AvgIpc) is 3.08. The molecule has 0 unspecified atom stereocenters. The number of carbonyl (C=O) groups excluding carboxylic acids is 1. The highest BCUT2D eigenvalue weighted by Gasteiger charge is 2.54. The summed E-state index contributed by atoms with van der Waals surface area (Å²) in [6.45, 7) is 16.1. The van der Waals surface area contributed by atoms with Gasteiger partial charge in [0.1, 0.15) is 6.10 Å². The van der Waals surface area contributed by atoms with Gasteiger partial charge in [0.05, 0.1) is 0 Å². The first kappa shape index (κ1) is 23.8. The predicted octanol–water partition coefficient (Wildman–Crippen LogP) is 8.05. The molecule has 0 amide bonds. The minimum Gasteiger partial charge on any atom is -0.462 e. The van der Waals surface area contributed by atoms with Crippen molar-refractivity contribution in [2.24, 2.45) is 40.4 Å². The summed E-state index contributed by atoms with van der Waals surface area (Å²) >= 11 is 0. The van der Waals surface area contributed by atoms with Crippen molar-refractivity contribution in [3.05, 3.63) is 34.9 Å². The lowest BCUT2D eigenvalue weighted by Crippen LogP contribution is -2.42. The molecule has 0 spiro atoms. The summed E-state index contributed by atoms with van der Waals surface area (Å²) in [5.74, 6) is 3.47. The van der Waals surface area contributed by atoms with Crippen LogP contribution >= 0.6 is 0 Å². The van der Waals surface area contributed by atoms with Gasteiger partial charge in [-0.2, -0.15) is 0 Å². The van der Waals surface area contributed by atoms with Gasteiger partial charge < -0.3 is 4.74 Å². The normalized spacial score (nSPS) is 38.8. The lowest BCUT2D eigenvalue weighted by Gasteiger charge is -2.52. The molecule has 7 atom stereocenters. The van der Waals surface area contributed by atoms with E-state index in [1.54, 1.807) is 23.6 Å². The first-order valence-electron chi connectivity index (χ1n) is 13.3. The number of hydrogen-bond donors (Lipinski definition) is 0. The van der Waals surface area contributed by atoms with Crippen LogP contribution in [-0.2, 0) is 9.53 Å². The molecule has 0 aromatic carbocycles. The van der Waals surface area contributed by atoms with Crippen LogP contribution in [0, 0.1) is 40.4 Å². The molecule has 178 valence electrons. The fourth-order valence-corrected chi connectivity index (χ4v) is 7.83. The number of fused-ring (bicyclic) bond motifs is 4. The average molecular weight is 439 g/mol. The third-order valence-electron chi connectivity index (χ3n) is 10.2. The van der Waals surface area contributed by atoms with Gasteiger partial charge in [-0.15, -0.1) is 0 Å². The Morgan fingerprint density at radius 2 is 1.84 bits per heavy atom. The van der Waals surface area contributed by atoms with Crippen molar-refractivity contribution in [3.63, 3.8) is 0 Å². The Labute approximate surface area is 197 Å². The number of carbonyl (C=O) groups is 1. The molecule has 2 nitrogen and oxygen atoms in total. The van der Waals surface area contributed by atoms with Gasteiger partial charge >= 0.3 is 5.97 Å². The van der Waals surface area contributed by atoms with Crippen molar-refractivity contribution in [1.29, 1.82) is 0 Å². The zero-order valence-electron chi connectivity index (χ0n) is 21.7. The van der Waals surface area contributed by atoms with Gasteiger partial charge in [-0.05, 0) is 80.0 Å². The zero-order chi connectivity index (χ0) is 23.3. The molecule has 0 saturated heterocycles. The molecule has 4 aliphatic carbocycles. The van der Waals surface area contributed by atoms with Gasteiger partial charge in [-0.3, -0.25) is 4.79 Å². The lowest BCUT2D eigenvalue weighted by molar-refractivity contribution is -0.147. The number of hydrogen-bond acceptors (Lipinski definition) is 2. The number of ether oxygens (including phenoxy) is 1.